The number of nitrogens with zero attached hydrogens (tertiary/aromatic N) is 1. The first-order valence-electron chi connectivity index (χ1n) is 6.81. The Hall–Kier alpha value is -0.800. The second kappa shape index (κ2) is 6.22. The van der Waals surface area contributed by atoms with Gasteiger partial charge in [0.15, 0.2) is 0 Å². The Morgan fingerprint density at radius 3 is 3.06 bits per heavy atom. The minimum Gasteiger partial charge on any atom is -0.468 e. The summed E-state index contributed by atoms with van der Waals surface area (Å²) in [7, 11) is 0. The fourth-order valence-electron chi connectivity index (χ4n) is 2.61. The third kappa shape index (κ3) is 3.58. The van der Waals surface area contributed by atoms with Crippen LogP contribution in [0.5, 0.6) is 0 Å². The lowest BCUT2D eigenvalue weighted by Gasteiger charge is -2.21. The molecular formula is C14H24N2O. The topological polar surface area (TPSA) is 28.4 Å². The monoisotopic (exact) mass is 236 g/mol. The molecule has 0 spiro atoms. The van der Waals surface area contributed by atoms with Crippen LogP contribution in [-0.4, -0.2) is 30.6 Å². The van der Waals surface area contributed by atoms with Crippen molar-refractivity contribution in [2.45, 2.75) is 45.2 Å². The largest absolute Gasteiger partial charge is 0.468 e. The van der Waals surface area contributed by atoms with Crippen LogP contribution in [-0.2, 0) is 0 Å². The molecule has 1 saturated heterocycles. The van der Waals surface area contributed by atoms with Crippen LogP contribution in [0.2, 0.25) is 0 Å². The zero-order valence-corrected chi connectivity index (χ0v) is 11.0. The summed E-state index contributed by atoms with van der Waals surface area (Å²) in [5, 5.41) is 3.69. The van der Waals surface area contributed by atoms with Gasteiger partial charge in [0.2, 0.25) is 0 Å². The second-order valence-corrected chi connectivity index (χ2v) is 4.97. The molecule has 0 aromatic carbocycles. The van der Waals surface area contributed by atoms with Crippen molar-refractivity contribution in [2.75, 3.05) is 19.6 Å². The predicted molar refractivity (Wildman–Crippen MR) is 70.0 cm³/mol. The van der Waals surface area contributed by atoms with E-state index in [4.69, 9.17) is 4.42 Å². The molecule has 2 rings (SSSR count). The van der Waals surface area contributed by atoms with Crippen LogP contribution in [0.25, 0.3) is 0 Å². The first-order chi connectivity index (χ1) is 8.29. The Kier molecular flexibility index (Phi) is 4.63. The first kappa shape index (κ1) is 12.7. The quantitative estimate of drug-likeness (QED) is 0.871. The molecule has 2 unspecified atom stereocenters. The summed E-state index contributed by atoms with van der Waals surface area (Å²) >= 11 is 0. The van der Waals surface area contributed by atoms with Crippen molar-refractivity contribution < 1.29 is 4.42 Å². The molecule has 1 aromatic rings. The molecule has 0 saturated carbocycles. The lowest BCUT2D eigenvalue weighted by atomic mass is 10.1. The number of furan rings is 1. The third-order valence-electron chi connectivity index (χ3n) is 3.72. The van der Waals surface area contributed by atoms with E-state index in [9.17, 15) is 0 Å². The molecule has 0 radical (unpaired) electrons. The molecule has 1 fully saturated rings. The normalized spacial score (nSPS) is 24.5. The van der Waals surface area contributed by atoms with E-state index in [1.54, 1.807) is 6.26 Å². The summed E-state index contributed by atoms with van der Waals surface area (Å²) < 4.78 is 5.44. The molecule has 2 atom stereocenters. The van der Waals surface area contributed by atoms with Crippen molar-refractivity contribution in [3.8, 4) is 0 Å². The van der Waals surface area contributed by atoms with Gasteiger partial charge in [0.1, 0.15) is 5.76 Å². The molecule has 0 amide bonds. The lowest BCUT2D eigenvalue weighted by molar-refractivity contribution is 0.294. The van der Waals surface area contributed by atoms with E-state index in [2.05, 4.69) is 24.1 Å². The van der Waals surface area contributed by atoms with Crippen LogP contribution in [0.15, 0.2) is 22.8 Å². The molecule has 1 aliphatic rings. The van der Waals surface area contributed by atoms with Crippen molar-refractivity contribution in [3.63, 3.8) is 0 Å². The molecule has 0 bridgehead atoms. The van der Waals surface area contributed by atoms with E-state index in [1.165, 1.54) is 38.9 Å². The molecule has 0 aliphatic carbocycles. The van der Waals surface area contributed by atoms with E-state index in [0.717, 1.165) is 5.76 Å². The van der Waals surface area contributed by atoms with Gasteiger partial charge in [-0.1, -0.05) is 6.92 Å². The lowest BCUT2D eigenvalue weighted by Crippen LogP contribution is -2.32. The van der Waals surface area contributed by atoms with Gasteiger partial charge in [-0.05, 0) is 58.0 Å². The summed E-state index contributed by atoms with van der Waals surface area (Å²) in [6, 6.07) is 4.96. The van der Waals surface area contributed by atoms with Crippen molar-refractivity contribution in [3.05, 3.63) is 24.2 Å². The maximum Gasteiger partial charge on any atom is 0.120 e. The average molecular weight is 236 g/mol. The average Bonchev–Trinajstić information content (AvgIpc) is 2.78. The van der Waals surface area contributed by atoms with Gasteiger partial charge in [0.05, 0.1) is 12.3 Å². The maximum absolute atomic E-state index is 5.44. The predicted octanol–water partition coefficient (Wildman–Crippen LogP) is 2.80. The van der Waals surface area contributed by atoms with Crippen molar-refractivity contribution in [2.24, 2.45) is 0 Å². The van der Waals surface area contributed by atoms with Crippen LogP contribution in [0, 0.1) is 0 Å². The van der Waals surface area contributed by atoms with E-state index in [0.29, 0.717) is 12.1 Å². The molecule has 1 N–H and O–H groups in total. The standard InChI is InChI=1S/C14H24N2O/c1-3-16-9-4-6-13(8-10-16)15-12(2)14-7-5-11-17-14/h5,7,11-13,15H,3-4,6,8-10H2,1-2H3. The van der Waals surface area contributed by atoms with E-state index >= 15 is 0 Å². The highest BCUT2D eigenvalue weighted by Crippen LogP contribution is 2.17. The van der Waals surface area contributed by atoms with Gasteiger partial charge in [-0.3, -0.25) is 0 Å². The zero-order chi connectivity index (χ0) is 12.1. The summed E-state index contributed by atoms with van der Waals surface area (Å²) in [5.41, 5.74) is 0. The van der Waals surface area contributed by atoms with Crippen molar-refractivity contribution >= 4 is 0 Å². The Balaban J connectivity index is 1.82. The zero-order valence-electron chi connectivity index (χ0n) is 11.0. The van der Waals surface area contributed by atoms with Gasteiger partial charge in [0.25, 0.3) is 0 Å². The van der Waals surface area contributed by atoms with E-state index in [1.807, 2.05) is 12.1 Å². The van der Waals surface area contributed by atoms with Crippen LogP contribution < -0.4 is 5.32 Å². The Bertz CT molecular complexity index is 310. The summed E-state index contributed by atoms with van der Waals surface area (Å²) in [5.74, 6) is 1.04. The number of likely N-dealkylation sites (tertiary alicyclic amines) is 1. The van der Waals surface area contributed by atoms with Gasteiger partial charge in [-0.15, -0.1) is 0 Å². The van der Waals surface area contributed by atoms with E-state index in [-0.39, 0.29) is 0 Å². The van der Waals surface area contributed by atoms with Crippen LogP contribution in [0.3, 0.4) is 0 Å². The van der Waals surface area contributed by atoms with Gasteiger partial charge >= 0.3 is 0 Å². The van der Waals surface area contributed by atoms with Crippen LogP contribution >= 0.6 is 0 Å². The van der Waals surface area contributed by atoms with Gasteiger partial charge in [-0.25, -0.2) is 0 Å². The molecule has 1 aromatic heterocycles. The molecule has 2 heterocycles. The highest BCUT2D eigenvalue weighted by atomic mass is 16.3. The Morgan fingerprint density at radius 1 is 1.47 bits per heavy atom. The summed E-state index contributed by atoms with van der Waals surface area (Å²) in [6.07, 6.45) is 5.58. The molecule has 1 aliphatic heterocycles. The minimum absolute atomic E-state index is 0.322. The molecule has 3 nitrogen and oxygen atoms in total. The van der Waals surface area contributed by atoms with Crippen LogP contribution in [0.1, 0.15) is 44.9 Å². The highest BCUT2D eigenvalue weighted by molar-refractivity contribution is 5.03. The third-order valence-corrected chi connectivity index (χ3v) is 3.72. The van der Waals surface area contributed by atoms with Crippen molar-refractivity contribution in [1.82, 2.24) is 10.2 Å². The van der Waals surface area contributed by atoms with Gasteiger partial charge in [-0.2, -0.15) is 0 Å². The number of rotatable bonds is 4. The highest BCUT2D eigenvalue weighted by Gasteiger charge is 2.18. The van der Waals surface area contributed by atoms with Gasteiger partial charge in [0, 0.05) is 6.04 Å². The fourth-order valence-corrected chi connectivity index (χ4v) is 2.61. The number of hydrogen-bond acceptors (Lipinski definition) is 3. The number of hydrogen-bond donors (Lipinski definition) is 1. The maximum atomic E-state index is 5.44. The smallest absolute Gasteiger partial charge is 0.120 e. The molecule has 3 heteroatoms. The molecule has 96 valence electrons. The fraction of sp³-hybridized carbons (Fsp3) is 0.714. The molecule has 17 heavy (non-hydrogen) atoms. The Labute approximate surface area is 104 Å². The van der Waals surface area contributed by atoms with Crippen molar-refractivity contribution in [1.29, 1.82) is 0 Å². The summed E-state index contributed by atoms with van der Waals surface area (Å²) in [6.45, 7) is 8.09. The van der Waals surface area contributed by atoms with Crippen LogP contribution in [0.4, 0.5) is 0 Å². The molecular weight excluding hydrogens is 212 g/mol. The summed E-state index contributed by atoms with van der Waals surface area (Å²) in [4.78, 5) is 2.54. The van der Waals surface area contributed by atoms with Gasteiger partial charge < -0.3 is 14.6 Å². The first-order valence-corrected chi connectivity index (χ1v) is 6.81. The Morgan fingerprint density at radius 2 is 2.35 bits per heavy atom. The SMILES string of the molecule is CCN1CCCC(NC(C)c2ccco2)CC1. The minimum atomic E-state index is 0.322. The second-order valence-electron chi connectivity index (χ2n) is 4.97. The number of nitrogens with one attached hydrogen (secondary N) is 1. The van der Waals surface area contributed by atoms with E-state index < -0.39 is 0 Å².